The molecule has 1 fully saturated rings. The Bertz CT molecular complexity index is 910. The number of hydrogen-bond donors (Lipinski definition) is 1. The molecule has 0 spiro atoms. The van der Waals surface area contributed by atoms with Crippen molar-refractivity contribution in [1.29, 1.82) is 0 Å². The Kier molecular flexibility index (Phi) is 5.09. The van der Waals surface area contributed by atoms with E-state index in [1.54, 1.807) is 10.9 Å². The van der Waals surface area contributed by atoms with Crippen LogP contribution in [0, 0.1) is 6.92 Å². The standard InChI is InChI=1S/C21H22N4O2/c1-15-2-8-18(9-3-15)25-14-19(23-24-25)20(26)12-16-4-6-17(7-5-16)21-13-22-10-11-27-21/h2-9,14,21-22H,10-13H2,1H3/t21-/m1/s1. The van der Waals surface area contributed by atoms with Crippen LogP contribution in [0.5, 0.6) is 0 Å². The summed E-state index contributed by atoms with van der Waals surface area (Å²) in [7, 11) is 0. The molecule has 0 saturated carbocycles. The highest BCUT2D eigenvalue weighted by molar-refractivity contribution is 5.95. The molecule has 1 atom stereocenters. The number of carbonyl (C=O) groups excluding carboxylic acids is 1. The molecule has 0 amide bonds. The summed E-state index contributed by atoms with van der Waals surface area (Å²) in [5.74, 6) is -0.0447. The normalized spacial score (nSPS) is 17.0. The summed E-state index contributed by atoms with van der Waals surface area (Å²) in [5.41, 5.74) is 4.52. The van der Waals surface area contributed by atoms with E-state index in [4.69, 9.17) is 4.74 Å². The van der Waals surface area contributed by atoms with Crippen molar-refractivity contribution in [2.75, 3.05) is 19.7 Å². The van der Waals surface area contributed by atoms with Gasteiger partial charge in [0.05, 0.1) is 24.6 Å². The SMILES string of the molecule is Cc1ccc(-n2cc(C(=O)Cc3ccc([C@H]4CNCCO4)cc3)nn2)cc1. The molecule has 6 nitrogen and oxygen atoms in total. The maximum atomic E-state index is 12.5. The molecule has 2 aromatic carbocycles. The summed E-state index contributed by atoms with van der Waals surface area (Å²) < 4.78 is 7.38. The van der Waals surface area contributed by atoms with E-state index in [-0.39, 0.29) is 11.9 Å². The summed E-state index contributed by atoms with van der Waals surface area (Å²) in [4.78, 5) is 12.5. The molecule has 1 aromatic heterocycles. The minimum Gasteiger partial charge on any atom is -0.371 e. The van der Waals surface area contributed by atoms with Gasteiger partial charge >= 0.3 is 0 Å². The Hall–Kier alpha value is -2.83. The van der Waals surface area contributed by atoms with E-state index in [0.29, 0.717) is 12.1 Å². The van der Waals surface area contributed by atoms with Crippen LogP contribution >= 0.6 is 0 Å². The van der Waals surface area contributed by atoms with Crippen molar-refractivity contribution in [3.63, 3.8) is 0 Å². The molecular weight excluding hydrogens is 340 g/mol. The average Bonchev–Trinajstić information content (AvgIpc) is 3.20. The Morgan fingerprint density at radius 1 is 1.19 bits per heavy atom. The van der Waals surface area contributed by atoms with Crippen LogP contribution in [0.1, 0.15) is 33.3 Å². The van der Waals surface area contributed by atoms with Crippen LogP contribution in [0.15, 0.2) is 54.7 Å². The van der Waals surface area contributed by atoms with Crippen molar-refractivity contribution in [2.24, 2.45) is 0 Å². The van der Waals surface area contributed by atoms with E-state index in [1.807, 2.05) is 55.5 Å². The fourth-order valence-corrected chi connectivity index (χ4v) is 3.12. The van der Waals surface area contributed by atoms with Gasteiger partial charge in [-0.3, -0.25) is 4.79 Å². The maximum Gasteiger partial charge on any atom is 0.189 e. The highest BCUT2D eigenvalue weighted by atomic mass is 16.5. The molecule has 0 unspecified atom stereocenters. The summed E-state index contributed by atoms with van der Waals surface area (Å²) >= 11 is 0. The van der Waals surface area contributed by atoms with Gasteiger partial charge in [0, 0.05) is 19.5 Å². The van der Waals surface area contributed by atoms with Crippen LogP contribution < -0.4 is 5.32 Å². The number of Topliss-reactive ketones (excluding diaryl/α,β-unsaturated/α-hetero) is 1. The summed E-state index contributed by atoms with van der Waals surface area (Å²) in [5, 5.41) is 11.4. The van der Waals surface area contributed by atoms with Crippen molar-refractivity contribution in [3.05, 3.63) is 77.1 Å². The second-order valence-electron chi connectivity index (χ2n) is 6.79. The van der Waals surface area contributed by atoms with Crippen LogP contribution in [0.3, 0.4) is 0 Å². The van der Waals surface area contributed by atoms with Gasteiger partial charge in [0.25, 0.3) is 0 Å². The van der Waals surface area contributed by atoms with E-state index < -0.39 is 0 Å². The summed E-state index contributed by atoms with van der Waals surface area (Å²) in [6.45, 7) is 4.47. The Morgan fingerprint density at radius 3 is 2.67 bits per heavy atom. The number of carbonyl (C=O) groups is 1. The first-order valence-electron chi connectivity index (χ1n) is 9.13. The smallest absolute Gasteiger partial charge is 0.189 e. The number of hydrogen-bond acceptors (Lipinski definition) is 5. The Morgan fingerprint density at radius 2 is 1.96 bits per heavy atom. The van der Waals surface area contributed by atoms with Crippen molar-refractivity contribution >= 4 is 5.78 Å². The lowest BCUT2D eigenvalue weighted by Crippen LogP contribution is -2.33. The molecule has 27 heavy (non-hydrogen) atoms. The van der Waals surface area contributed by atoms with Crippen LogP contribution in [-0.4, -0.2) is 40.5 Å². The van der Waals surface area contributed by atoms with Gasteiger partial charge < -0.3 is 10.1 Å². The molecule has 0 bridgehead atoms. The van der Waals surface area contributed by atoms with Crippen LogP contribution in [0.25, 0.3) is 5.69 Å². The van der Waals surface area contributed by atoms with Crippen molar-refractivity contribution < 1.29 is 9.53 Å². The van der Waals surface area contributed by atoms with E-state index >= 15 is 0 Å². The van der Waals surface area contributed by atoms with Crippen molar-refractivity contribution in [2.45, 2.75) is 19.4 Å². The van der Waals surface area contributed by atoms with Gasteiger partial charge in [0.15, 0.2) is 5.78 Å². The quantitative estimate of drug-likeness (QED) is 0.707. The van der Waals surface area contributed by atoms with E-state index in [2.05, 4.69) is 15.6 Å². The lowest BCUT2D eigenvalue weighted by Gasteiger charge is -2.24. The highest BCUT2D eigenvalue weighted by Crippen LogP contribution is 2.19. The number of ether oxygens (including phenoxy) is 1. The molecular formula is C21H22N4O2. The zero-order chi connectivity index (χ0) is 18.6. The fraction of sp³-hybridized carbons (Fsp3) is 0.286. The van der Waals surface area contributed by atoms with Crippen molar-refractivity contribution in [1.82, 2.24) is 20.3 Å². The molecule has 1 N–H and O–H groups in total. The van der Waals surface area contributed by atoms with Crippen LogP contribution in [0.2, 0.25) is 0 Å². The number of morpholine rings is 1. The first kappa shape index (κ1) is 17.6. The molecule has 2 heterocycles. The summed E-state index contributed by atoms with van der Waals surface area (Å²) in [6.07, 6.45) is 2.07. The lowest BCUT2D eigenvalue weighted by atomic mass is 10.0. The minimum atomic E-state index is -0.0447. The van der Waals surface area contributed by atoms with Gasteiger partial charge in [-0.15, -0.1) is 5.10 Å². The van der Waals surface area contributed by atoms with E-state index in [9.17, 15) is 4.79 Å². The third-order valence-electron chi connectivity index (χ3n) is 4.72. The predicted octanol–water partition coefficient (Wildman–Crippen LogP) is 2.66. The molecule has 6 heteroatoms. The van der Waals surface area contributed by atoms with Gasteiger partial charge in [0.1, 0.15) is 5.69 Å². The van der Waals surface area contributed by atoms with Gasteiger partial charge in [-0.05, 0) is 30.2 Å². The second kappa shape index (κ2) is 7.82. The third-order valence-corrected chi connectivity index (χ3v) is 4.72. The van der Waals surface area contributed by atoms with Crippen LogP contribution in [-0.2, 0) is 11.2 Å². The molecule has 138 valence electrons. The number of nitrogens with one attached hydrogen (secondary N) is 1. The predicted molar refractivity (Wildman–Crippen MR) is 102 cm³/mol. The first-order chi connectivity index (χ1) is 13.2. The third kappa shape index (κ3) is 4.13. The van der Waals surface area contributed by atoms with Gasteiger partial charge in [0.2, 0.25) is 0 Å². The molecule has 0 aliphatic carbocycles. The minimum absolute atomic E-state index is 0.0447. The number of aromatic nitrogens is 3. The number of nitrogens with zero attached hydrogens (tertiary/aromatic N) is 3. The molecule has 1 aliphatic rings. The molecule has 1 saturated heterocycles. The zero-order valence-corrected chi connectivity index (χ0v) is 15.3. The Labute approximate surface area is 158 Å². The molecule has 4 rings (SSSR count). The van der Waals surface area contributed by atoms with Gasteiger partial charge in [-0.1, -0.05) is 47.2 Å². The maximum absolute atomic E-state index is 12.5. The number of ketones is 1. The second-order valence-corrected chi connectivity index (χ2v) is 6.79. The molecule has 3 aromatic rings. The largest absolute Gasteiger partial charge is 0.371 e. The highest BCUT2D eigenvalue weighted by Gasteiger charge is 2.16. The number of benzene rings is 2. The topological polar surface area (TPSA) is 69.0 Å². The van der Waals surface area contributed by atoms with Crippen LogP contribution in [0.4, 0.5) is 0 Å². The molecule has 0 radical (unpaired) electrons. The Balaban J connectivity index is 1.42. The van der Waals surface area contributed by atoms with Gasteiger partial charge in [-0.25, -0.2) is 4.68 Å². The zero-order valence-electron chi connectivity index (χ0n) is 15.3. The summed E-state index contributed by atoms with van der Waals surface area (Å²) in [6, 6.07) is 16.0. The van der Waals surface area contributed by atoms with E-state index in [1.165, 1.54) is 5.56 Å². The average molecular weight is 362 g/mol. The number of rotatable bonds is 5. The first-order valence-corrected chi connectivity index (χ1v) is 9.13. The molecule has 1 aliphatic heterocycles. The number of aryl methyl sites for hydroxylation is 1. The van der Waals surface area contributed by atoms with E-state index in [0.717, 1.165) is 36.5 Å². The van der Waals surface area contributed by atoms with Gasteiger partial charge in [-0.2, -0.15) is 0 Å². The lowest BCUT2D eigenvalue weighted by molar-refractivity contribution is 0.0277. The van der Waals surface area contributed by atoms with Crippen molar-refractivity contribution in [3.8, 4) is 5.69 Å². The monoisotopic (exact) mass is 362 g/mol. The fourth-order valence-electron chi connectivity index (χ4n) is 3.12.